The number of rotatable bonds is 2. The quantitative estimate of drug-likeness (QED) is 0.845. The van der Waals surface area contributed by atoms with Crippen LogP contribution in [0, 0.1) is 6.92 Å². The Balaban J connectivity index is 3.18. The average Bonchev–Trinajstić information content (AvgIpc) is 2.13. The number of hydrogen-bond donors (Lipinski definition) is 2. The van der Waals surface area contributed by atoms with Gasteiger partial charge in [0.25, 0.3) is 5.91 Å². The molecule has 0 aromatic heterocycles. The molecule has 0 heterocycles. The lowest BCUT2D eigenvalue weighted by molar-refractivity contribution is 0.0919. The smallest absolute Gasteiger partial charge is 0.251 e. The number of sulfonamides is 1. The Morgan fingerprint density at radius 1 is 1.28 bits per heavy atom. The number of carbonyl (C=O) groups is 1. The lowest BCUT2D eigenvalue weighted by Gasteiger charge is -2.20. The van der Waals surface area contributed by atoms with Crippen molar-refractivity contribution in [2.45, 2.75) is 38.1 Å². The van der Waals surface area contributed by atoms with Crippen LogP contribution >= 0.6 is 0 Å². The van der Waals surface area contributed by atoms with Crippen molar-refractivity contribution in [1.82, 2.24) is 5.32 Å². The molecule has 6 heteroatoms. The van der Waals surface area contributed by atoms with Crippen molar-refractivity contribution in [3.63, 3.8) is 0 Å². The van der Waals surface area contributed by atoms with Crippen LogP contribution in [0.2, 0.25) is 0 Å². The maximum Gasteiger partial charge on any atom is 0.251 e. The van der Waals surface area contributed by atoms with E-state index >= 15 is 0 Å². The van der Waals surface area contributed by atoms with Crippen LogP contribution in [0.25, 0.3) is 0 Å². The van der Waals surface area contributed by atoms with E-state index in [1.807, 2.05) is 20.8 Å². The van der Waals surface area contributed by atoms with Crippen molar-refractivity contribution in [3.8, 4) is 0 Å². The molecule has 100 valence electrons. The molecule has 0 radical (unpaired) electrons. The minimum atomic E-state index is -3.81. The third-order valence-electron chi connectivity index (χ3n) is 2.25. The molecule has 0 atom stereocenters. The Morgan fingerprint density at radius 2 is 1.83 bits per heavy atom. The molecule has 0 fully saturated rings. The van der Waals surface area contributed by atoms with E-state index in [9.17, 15) is 13.2 Å². The lowest BCUT2D eigenvalue weighted by Crippen LogP contribution is -2.40. The fourth-order valence-corrected chi connectivity index (χ4v) is 2.27. The average molecular weight is 270 g/mol. The SMILES string of the molecule is Cc1ccc(C(=O)NC(C)(C)C)cc1S(N)(=O)=O. The summed E-state index contributed by atoms with van der Waals surface area (Å²) in [5, 5.41) is 7.85. The molecule has 3 N–H and O–H groups in total. The van der Waals surface area contributed by atoms with Crippen LogP contribution < -0.4 is 10.5 Å². The van der Waals surface area contributed by atoms with E-state index in [-0.39, 0.29) is 21.9 Å². The summed E-state index contributed by atoms with van der Waals surface area (Å²) in [7, 11) is -3.81. The van der Waals surface area contributed by atoms with Gasteiger partial charge in [0.1, 0.15) is 0 Å². The van der Waals surface area contributed by atoms with E-state index in [1.165, 1.54) is 6.07 Å². The highest BCUT2D eigenvalue weighted by Crippen LogP contribution is 2.16. The first-order valence-electron chi connectivity index (χ1n) is 5.47. The number of carbonyl (C=O) groups excluding carboxylic acids is 1. The van der Waals surface area contributed by atoms with Crippen LogP contribution in [0.5, 0.6) is 0 Å². The van der Waals surface area contributed by atoms with Gasteiger partial charge in [0.2, 0.25) is 10.0 Å². The maximum absolute atomic E-state index is 11.9. The van der Waals surface area contributed by atoms with Gasteiger partial charge in [0.05, 0.1) is 4.90 Å². The first-order valence-corrected chi connectivity index (χ1v) is 7.01. The normalized spacial score (nSPS) is 12.3. The van der Waals surface area contributed by atoms with E-state index < -0.39 is 10.0 Å². The summed E-state index contributed by atoms with van der Waals surface area (Å²) in [5.74, 6) is -0.326. The molecule has 0 aliphatic carbocycles. The molecular weight excluding hydrogens is 252 g/mol. The third-order valence-corrected chi connectivity index (χ3v) is 3.30. The highest BCUT2D eigenvalue weighted by Gasteiger charge is 2.18. The molecule has 0 aliphatic rings. The third kappa shape index (κ3) is 3.82. The summed E-state index contributed by atoms with van der Waals surface area (Å²) >= 11 is 0. The molecule has 0 saturated heterocycles. The Bertz CT molecular complexity index is 571. The molecule has 1 rings (SSSR count). The zero-order valence-corrected chi connectivity index (χ0v) is 11.8. The molecule has 1 aromatic carbocycles. The number of amides is 1. The van der Waals surface area contributed by atoms with Crippen LogP contribution in [0.3, 0.4) is 0 Å². The van der Waals surface area contributed by atoms with Crippen LogP contribution in [-0.4, -0.2) is 19.9 Å². The number of nitrogens with one attached hydrogen (secondary N) is 1. The lowest BCUT2D eigenvalue weighted by atomic mass is 10.1. The maximum atomic E-state index is 11.9. The molecule has 0 bridgehead atoms. The fraction of sp³-hybridized carbons (Fsp3) is 0.417. The molecule has 0 saturated carbocycles. The number of aryl methyl sites for hydroxylation is 1. The highest BCUT2D eigenvalue weighted by atomic mass is 32.2. The van der Waals surface area contributed by atoms with Gasteiger partial charge in [0.15, 0.2) is 0 Å². The van der Waals surface area contributed by atoms with E-state index in [0.29, 0.717) is 5.56 Å². The van der Waals surface area contributed by atoms with Crippen molar-refractivity contribution in [2.75, 3.05) is 0 Å². The van der Waals surface area contributed by atoms with Crippen molar-refractivity contribution >= 4 is 15.9 Å². The topological polar surface area (TPSA) is 89.3 Å². The molecule has 1 amide bonds. The second kappa shape index (κ2) is 4.70. The van der Waals surface area contributed by atoms with Gasteiger partial charge in [-0.05, 0) is 45.4 Å². The zero-order valence-electron chi connectivity index (χ0n) is 10.9. The summed E-state index contributed by atoms with van der Waals surface area (Å²) < 4.78 is 22.7. The number of benzene rings is 1. The highest BCUT2D eigenvalue weighted by molar-refractivity contribution is 7.89. The Hall–Kier alpha value is -1.40. The van der Waals surface area contributed by atoms with Gasteiger partial charge in [-0.1, -0.05) is 6.07 Å². The minimum absolute atomic E-state index is 0.0240. The standard InChI is InChI=1S/C12H18N2O3S/c1-8-5-6-9(7-10(8)18(13,16)17)11(15)14-12(2,3)4/h5-7H,1-4H3,(H,14,15)(H2,13,16,17). The van der Waals surface area contributed by atoms with Crippen LogP contribution in [0.1, 0.15) is 36.7 Å². The van der Waals surface area contributed by atoms with Crippen LogP contribution in [0.15, 0.2) is 23.1 Å². The number of nitrogens with two attached hydrogens (primary N) is 1. The van der Waals surface area contributed by atoms with Gasteiger partial charge in [-0.25, -0.2) is 13.6 Å². The van der Waals surface area contributed by atoms with Gasteiger partial charge in [0, 0.05) is 11.1 Å². The molecule has 0 unspecified atom stereocenters. The van der Waals surface area contributed by atoms with Gasteiger partial charge >= 0.3 is 0 Å². The second-order valence-electron chi connectivity index (χ2n) is 5.23. The number of hydrogen-bond acceptors (Lipinski definition) is 3. The van der Waals surface area contributed by atoms with E-state index in [4.69, 9.17) is 5.14 Å². The fourth-order valence-electron chi connectivity index (χ4n) is 1.46. The summed E-state index contributed by atoms with van der Waals surface area (Å²) in [4.78, 5) is 11.9. The first kappa shape index (κ1) is 14.7. The molecule has 0 spiro atoms. The first-order chi connectivity index (χ1) is 8.00. The van der Waals surface area contributed by atoms with Crippen molar-refractivity contribution in [3.05, 3.63) is 29.3 Å². The van der Waals surface area contributed by atoms with E-state index in [1.54, 1.807) is 19.1 Å². The van der Waals surface area contributed by atoms with Crippen LogP contribution in [-0.2, 0) is 10.0 Å². The minimum Gasteiger partial charge on any atom is -0.347 e. The summed E-state index contributed by atoms with van der Waals surface area (Å²) in [6.45, 7) is 7.17. The van der Waals surface area contributed by atoms with Crippen LogP contribution in [0.4, 0.5) is 0 Å². The molecule has 0 aliphatic heterocycles. The van der Waals surface area contributed by atoms with Crippen molar-refractivity contribution < 1.29 is 13.2 Å². The summed E-state index contributed by atoms with van der Waals surface area (Å²) in [6, 6.07) is 4.44. The Labute approximate surface area is 107 Å². The predicted molar refractivity (Wildman–Crippen MR) is 69.8 cm³/mol. The summed E-state index contributed by atoms with van der Waals surface area (Å²) in [5.41, 5.74) is 0.411. The predicted octanol–water partition coefficient (Wildman–Crippen LogP) is 1.17. The zero-order chi connectivity index (χ0) is 14.1. The van der Waals surface area contributed by atoms with Gasteiger partial charge in [-0.2, -0.15) is 0 Å². The van der Waals surface area contributed by atoms with Gasteiger partial charge in [-0.15, -0.1) is 0 Å². The molecule has 5 nitrogen and oxygen atoms in total. The second-order valence-corrected chi connectivity index (χ2v) is 6.76. The van der Waals surface area contributed by atoms with Crippen molar-refractivity contribution in [1.29, 1.82) is 0 Å². The van der Waals surface area contributed by atoms with Gasteiger partial charge in [-0.3, -0.25) is 4.79 Å². The largest absolute Gasteiger partial charge is 0.347 e. The van der Waals surface area contributed by atoms with Crippen molar-refractivity contribution in [2.24, 2.45) is 5.14 Å². The molecule has 1 aromatic rings. The molecule has 18 heavy (non-hydrogen) atoms. The summed E-state index contributed by atoms with van der Waals surface area (Å²) in [6.07, 6.45) is 0. The van der Waals surface area contributed by atoms with E-state index in [0.717, 1.165) is 0 Å². The Kier molecular flexibility index (Phi) is 3.83. The monoisotopic (exact) mass is 270 g/mol. The van der Waals surface area contributed by atoms with E-state index in [2.05, 4.69) is 5.32 Å². The number of primary sulfonamides is 1. The molecular formula is C12H18N2O3S. The van der Waals surface area contributed by atoms with Gasteiger partial charge < -0.3 is 5.32 Å². The Morgan fingerprint density at radius 3 is 2.28 bits per heavy atom.